The molecular weight excluding hydrogens is 232 g/mol. The summed E-state index contributed by atoms with van der Waals surface area (Å²) in [6.45, 7) is 2.10. The van der Waals surface area contributed by atoms with E-state index in [-0.39, 0.29) is 0 Å². The first kappa shape index (κ1) is 11.1. The van der Waals surface area contributed by atoms with Crippen LogP contribution in [0.4, 0.5) is 0 Å². The molecule has 17 heavy (non-hydrogen) atoms. The van der Waals surface area contributed by atoms with Crippen LogP contribution in [0.5, 0.6) is 0 Å². The van der Waals surface area contributed by atoms with Crippen LogP contribution >= 0.6 is 11.3 Å². The zero-order valence-corrected chi connectivity index (χ0v) is 10.7. The van der Waals surface area contributed by atoms with Crippen LogP contribution in [0.3, 0.4) is 0 Å². The van der Waals surface area contributed by atoms with E-state index in [1.54, 1.807) is 0 Å². The van der Waals surface area contributed by atoms with E-state index >= 15 is 0 Å². The molecule has 3 rings (SSSR count). The van der Waals surface area contributed by atoms with Crippen molar-refractivity contribution in [1.82, 2.24) is 15.1 Å². The zero-order chi connectivity index (χ0) is 11.8. The highest BCUT2D eigenvalue weighted by Crippen LogP contribution is 2.34. The third kappa shape index (κ3) is 2.18. The molecule has 1 saturated heterocycles. The quantitative estimate of drug-likeness (QED) is 0.829. The monoisotopic (exact) mass is 248 g/mol. The first-order chi connectivity index (χ1) is 8.22. The number of hydrogen-bond acceptors (Lipinski definition) is 5. The lowest BCUT2D eigenvalue weighted by molar-refractivity contribution is 0.228. The maximum atomic E-state index is 6.09. The van der Waals surface area contributed by atoms with Gasteiger partial charge >= 0.3 is 0 Å². The number of aromatic nitrogens is 2. The van der Waals surface area contributed by atoms with Crippen LogP contribution in [0.25, 0.3) is 10.1 Å². The molecule has 0 spiro atoms. The van der Waals surface area contributed by atoms with Gasteiger partial charge in [0.25, 0.3) is 0 Å². The van der Waals surface area contributed by atoms with Crippen molar-refractivity contribution in [3.63, 3.8) is 0 Å². The van der Waals surface area contributed by atoms with E-state index in [0.717, 1.165) is 19.5 Å². The Labute approximate surface area is 104 Å². The third-order valence-corrected chi connectivity index (χ3v) is 4.56. The van der Waals surface area contributed by atoms with Gasteiger partial charge in [0.15, 0.2) is 0 Å². The summed E-state index contributed by atoms with van der Waals surface area (Å²) in [4.78, 5) is 3.73. The van der Waals surface area contributed by atoms with Gasteiger partial charge in [0, 0.05) is 35.3 Å². The molecular formula is C12H16N4S. The van der Waals surface area contributed by atoms with Crippen molar-refractivity contribution in [2.45, 2.75) is 18.4 Å². The fourth-order valence-corrected chi connectivity index (χ4v) is 3.70. The Bertz CT molecular complexity index is 481. The molecule has 2 atom stereocenters. The van der Waals surface area contributed by atoms with E-state index in [2.05, 4.69) is 28.2 Å². The summed E-state index contributed by atoms with van der Waals surface area (Å²) in [7, 11) is 2.14. The molecule has 0 saturated carbocycles. The molecule has 4 nitrogen and oxygen atoms in total. The van der Waals surface area contributed by atoms with Crippen LogP contribution in [0, 0.1) is 0 Å². The van der Waals surface area contributed by atoms with Gasteiger partial charge in [-0.2, -0.15) is 10.2 Å². The van der Waals surface area contributed by atoms with Gasteiger partial charge in [-0.1, -0.05) is 0 Å². The lowest BCUT2D eigenvalue weighted by Gasteiger charge is -2.33. The SMILES string of the molecule is CN1CC(N)CC(c2cc3cnncc3s2)C1. The maximum Gasteiger partial charge on any atom is 0.0674 e. The van der Waals surface area contributed by atoms with Crippen molar-refractivity contribution in [3.05, 3.63) is 23.3 Å². The van der Waals surface area contributed by atoms with Gasteiger partial charge in [-0.15, -0.1) is 11.3 Å². The predicted molar refractivity (Wildman–Crippen MR) is 70.2 cm³/mol. The smallest absolute Gasteiger partial charge is 0.0674 e. The number of likely N-dealkylation sites (N-methyl/N-ethyl adjacent to an activating group) is 1. The molecule has 0 aromatic carbocycles. The molecule has 1 aliphatic heterocycles. The average molecular weight is 248 g/mol. The summed E-state index contributed by atoms with van der Waals surface area (Å²) in [5.41, 5.74) is 6.09. The first-order valence-electron chi connectivity index (χ1n) is 5.86. The number of thiophene rings is 1. The summed E-state index contributed by atoms with van der Waals surface area (Å²) in [6, 6.07) is 2.53. The van der Waals surface area contributed by atoms with Crippen LogP contribution in [0.1, 0.15) is 17.2 Å². The van der Waals surface area contributed by atoms with Crippen molar-refractivity contribution in [1.29, 1.82) is 0 Å². The second-order valence-electron chi connectivity index (χ2n) is 4.87. The maximum absolute atomic E-state index is 6.09. The number of fused-ring (bicyclic) bond motifs is 1. The Morgan fingerprint density at radius 2 is 2.18 bits per heavy atom. The Balaban J connectivity index is 1.92. The Morgan fingerprint density at radius 3 is 2.94 bits per heavy atom. The van der Waals surface area contributed by atoms with Crippen LogP contribution in [-0.4, -0.2) is 41.3 Å². The van der Waals surface area contributed by atoms with Gasteiger partial charge in [0.2, 0.25) is 0 Å². The molecule has 1 aliphatic rings. The zero-order valence-electron chi connectivity index (χ0n) is 9.84. The largest absolute Gasteiger partial charge is 0.327 e. The average Bonchev–Trinajstić information content (AvgIpc) is 2.71. The Kier molecular flexibility index (Phi) is 2.82. The topological polar surface area (TPSA) is 55.0 Å². The minimum atomic E-state index is 0.292. The van der Waals surface area contributed by atoms with Crippen molar-refractivity contribution in [2.24, 2.45) is 5.73 Å². The van der Waals surface area contributed by atoms with Crippen molar-refractivity contribution in [2.75, 3.05) is 20.1 Å². The number of nitrogens with zero attached hydrogens (tertiary/aromatic N) is 3. The van der Waals surface area contributed by atoms with E-state index in [4.69, 9.17) is 5.73 Å². The molecule has 0 amide bonds. The minimum absolute atomic E-state index is 0.292. The Morgan fingerprint density at radius 1 is 1.35 bits per heavy atom. The van der Waals surface area contributed by atoms with E-state index < -0.39 is 0 Å². The number of hydrogen-bond donors (Lipinski definition) is 1. The second kappa shape index (κ2) is 4.33. The summed E-state index contributed by atoms with van der Waals surface area (Å²) >= 11 is 1.82. The van der Waals surface area contributed by atoms with Gasteiger partial charge in [-0.3, -0.25) is 0 Å². The van der Waals surface area contributed by atoms with E-state index in [1.807, 2.05) is 23.7 Å². The lowest BCUT2D eigenvalue weighted by Crippen LogP contribution is -2.43. The fraction of sp³-hybridized carbons (Fsp3) is 0.500. The molecule has 0 bridgehead atoms. The van der Waals surface area contributed by atoms with Crippen LogP contribution in [0.2, 0.25) is 0 Å². The number of piperidine rings is 1. The van der Waals surface area contributed by atoms with E-state index in [9.17, 15) is 0 Å². The minimum Gasteiger partial charge on any atom is -0.327 e. The van der Waals surface area contributed by atoms with Gasteiger partial charge in [-0.25, -0.2) is 0 Å². The fourth-order valence-electron chi connectivity index (χ4n) is 2.60. The number of nitrogens with two attached hydrogens (primary N) is 1. The summed E-state index contributed by atoms with van der Waals surface area (Å²) in [6.07, 6.45) is 4.76. The normalized spacial score (nSPS) is 26.5. The van der Waals surface area contributed by atoms with Crippen molar-refractivity contribution in [3.8, 4) is 0 Å². The summed E-state index contributed by atoms with van der Waals surface area (Å²) in [5, 5.41) is 9.05. The molecule has 2 aromatic heterocycles. The Hall–Kier alpha value is -1.04. The predicted octanol–water partition coefficient (Wildman–Crippen LogP) is 1.44. The highest BCUT2D eigenvalue weighted by molar-refractivity contribution is 7.19. The highest BCUT2D eigenvalue weighted by atomic mass is 32.1. The molecule has 2 N–H and O–H groups in total. The van der Waals surface area contributed by atoms with Gasteiger partial charge in [0.05, 0.1) is 17.1 Å². The van der Waals surface area contributed by atoms with Crippen molar-refractivity contribution < 1.29 is 0 Å². The first-order valence-corrected chi connectivity index (χ1v) is 6.68. The van der Waals surface area contributed by atoms with Gasteiger partial charge in [-0.05, 0) is 19.5 Å². The van der Waals surface area contributed by atoms with Gasteiger partial charge in [0.1, 0.15) is 0 Å². The summed E-state index contributed by atoms with van der Waals surface area (Å²) < 4.78 is 1.22. The standard InChI is InChI=1S/C12H16N4S/c1-16-6-9(2-10(13)7-16)11-3-8-4-14-15-5-12(8)17-11/h3-5,9-10H,2,6-7,13H2,1H3. The van der Waals surface area contributed by atoms with Crippen LogP contribution < -0.4 is 5.73 Å². The molecule has 0 aliphatic carbocycles. The third-order valence-electron chi connectivity index (χ3n) is 3.32. The molecule has 5 heteroatoms. The molecule has 3 heterocycles. The second-order valence-corrected chi connectivity index (χ2v) is 5.99. The molecule has 90 valence electrons. The molecule has 0 radical (unpaired) electrons. The van der Waals surface area contributed by atoms with Crippen molar-refractivity contribution >= 4 is 21.4 Å². The number of likely N-dealkylation sites (tertiary alicyclic amines) is 1. The van der Waals surface area contributed by atoms with Crippen LogP contribution in [-0.2, 0) is 0 Å². The van der Waals surface area contributed by atoms with E-state index in [0.29, 0.717) is 12.0 Å². The van der Waals surface area contributed by atoms with Gasteiger partial charge < -0.3 is 10.6 Å². The van der Waals surface area contributed by atoms with E-state index in [1.165, 1.54) is 15.0 Å². The highest BCUT2D eigenvalue weighted by Gasteiger charge is 2.25. The van der Waals surface area contributed by atoms with Crippen LogP contribution in [0.15, 0.2) is 18.5 Å². The molecule has 2 unspecified atom stereocenters. The molecule has 2 aromatic rings. The molecule has 1 fully saturated rings. The number of rotatable bonds is 1. The lowest BCUT2D eigenvalue weighted by atomic mass is 9.93. The summed E-state index contributed by atoms with van der Waals surface area (Å²) in [5.74, 6) is 0.557.